The second-order valence-electron chi connectivity index (χ2n) is 6.20. The van der Waals surface area contributed by atoms with Gasteiger partial charge in [-0.1, -0.05) is 55.1 Å². The van der Waals surface area contributed by atoms with Gasteiger partial charge in [-0.2, -0.15) is 0 Å². The number of carbonyl (C=O) groups excluding carboxylic acids is 2. The van der Waals surface area contributed by atoms with Crippen molar-refractivity contribution in [3.05, 3.63) is 59.8 Å². The van der Waals surface area contributed by atoms with Crippen LogP contribution in [0.25, 0.3) is 11.1 Å². The second-order valence-corrected chi connectivity index (χ2v) is 8.02. The molecule has 156 valence electrons. The Bertz CT molecular complexity index is 1040. The third-order valence-electron chi connectivity index (χ3n) is 4.27. The summed E-state index contributed by atoms with van der Waals surface area (Å²) in [5.74, 6) is 0.253. The number of esters is 1. The molecule has 0 bridgehead atoms. The highest BCUT2D eigenvalue weighted by Crippen LogP contribution is 2.36. The lowest BCUT2D eigenvalue weighted by Gasteiger charge is -2.08. The molecule has 0 unspecified atom stereocenters. The summed E-state index contributed by atoms with van der Waals surface area (Å²) in [4.78, 5) is 25.0. The fourth-order valence-corrected chi connectivity index (χ4v) is 4.62. The van der Waals surface area contributed by atoms with E-state index in [4.69, 9.17) is 4.74 Å². The fourth-order valence-electron chi connectivity index (χ4n) is 2.88. The van der Waals surface area contributed by atoms with E-state index in [0.717, 1.165) is 23.4 Å². The van der Waals surface area contributed by atoms with Crippen LogP contribution in [0, 0.1) is 0 Å². The van der Waals surface area contributed by atoms with E-state index < -0.39 is 5.97 Å². The maximum Gasteiger partial charge on any atom is 0.341 e. The molecule has 3 rings (SSSR count). The van der Waals surface area contributed by atoms with Gasteiger partial charge in [-0.15, -0.1) is 28.1 Å². The number of aryl methyl sites for hydroxylation is 1. The highest BCUT2D eigenvalue weighted by atomic mass is 32.2. The van der Waals surface area contributed by atoms with Crippen LogP contribution in [0.5, 0.6) is 0 Å². The quantitative estimate of drug-likeness (QED) is 0.303. The molecule has 0 spiro atoms. The number of aromatic nitrogens is 3. The summed E-state index contributed by atoms with van der Waals surface area (Å²) >= 11 is 2.59. The molecule has 0 saturated heterocycles. The molecule has 9 heteroatoms. The van der Waals surface area contributed by atoms with Crippen LogP contribution in [0.4, 0.5) is 5.00 Å². The van der Waals surface area contributed by atoms with Crippen LogP contribution in [-0.2, 0) is 22.5 Å². The second kappa shape index (κ2) is 10.2. The Hall–Kier alpha value is -2.91. The third-order valence-corrected chi connectivity index (χ3v) is 6.13. The first-order valence-electron chi connectivity index (χ1n) is 9.29. The summed E-state index contributed by atoms with van der Waals surface area (Å²) in [5.41, 5.74) is 1.97. The van der Waals surface area contributed by atoms with Crippen molar-refractivity contribution in [2.75, 3.05) is 18.2 Å². The fraction of sp³-hybridized carbons (Fsp3) is 0.238. The normalized spacial score (nSPS) is 10.6. The minimum absolute atomic E-state index is 0.137. The lowest BCUT2D eigenvalue weighted by molar-refractivity contribution is -0.113. The summed E-state index contributed by atoms with van der Waals surface area (Å²) in [6.07, 6.45) is 2.51. The van der Waals surface area contributed by atoms with E-state index in [9.17, 15) is 9.59 Å². The average molecular weight is 443 g/mol. The van der Waals surface area contributed by atoms with E-state index in [1.54, 1.807) is 6.08 Å². The van der Waals surface area contributed by atoms with Gasteiger partial charge in [0.25, 0.3) is 0 Å². The SMILES string of the molecule is C=CCn1c(CC)nnc1SCC(=O)Nc1scc(-c2ccccc2)c1C(=O)OC. The van der Waals surface area contributed by atoms with Gasteiger partial charge in [-0.05, 0) is 5.56 Å². The van der Waals surface area contributed by atoms with Gasteiger partial charge in [-0.25, -0.2) is 4.79 Å². The number of amides is 1. The molecule has 2 heterocycles. The topological polar surface area (TPSA) is 86.1 Å². The molecular weight excluding hydrogens is 420 g/mol. The molecule has 1 aromatic carbocycles. The molecule has 0 atom stereocenters. The van der Waals surface area contributed by atoms with Gasteiger partial charge < -0.3 is 14.6 Å². The molecule has 0 radical (unpaired) electrons. The summed E-state index contributed by atoms with van der Waals surface area (Å²) in [6.45, 7) is 6.34. The molecule has 0 aliphatic heterocycles. The lowest BCUT2D eigenvalue weighted by atomic mass is 10.0. The van der Waals surface area contributed by atoms with Crippen molar-refractivity contribution in [2.24, 2.45) is 0 Å². The molecule has 30 heavy (non-hydrogen) atoms. The number of hydrogen-bond donors (Lipinski definition) is 1. The smallest absolute Gasteiger partial charge is 0.341 e. The third kappa shape index (κ3) is 4.80. The van der Waals surface area contributed by atoms with Crippen molar-refractivity contribution in [1.29, 1.82) is 0 Å². The van der Waals surface area contributed by atoms with Crippen molar-refractivity contribution in [3.8, 4) is 11.1 Å². The van der Waals surface area contributed by atoms with Gasteiger partial charge in [0.2, 0.25) is 5.91 Å². The zero-order chi connectivity index (χ0) is 21.5. The van der Waals surface area contributed by atoms with Crippen LogP contribution in [0.15, 0.2) is 53.5 Å². The minimum atomic E-state index is -0.489. The molecule has 1 N–H and O–H groups in total. The van der Waals surface area contributed by atoms with E-state index in [2.05, 4.69) is 22.1 Å². The maximum absolute atomic E-state index is 12.6. The number of methoxy groups -OCH3 is 1. The Morgan fingerprint density at radius 3 is 2.73 bits per heavy atom. The van der Waals surface area contributed by atoms with Crippen molar-refractivity contribution in [2.45, 2.75) is 25.0 Å². The number of nitrogens with one attached hydrogen (secondary N) is 1. The largest absolute Gasteiger partial charge is 0.465 e. The van der Waals surface area contributed by atoms with Crippen molar-refractivity contribution in [3.63, 3.8) is 0 Å². The van der Waals surface area contributed by atoms with E-state index in [-0.39, 0.29) is 11.7 Å². The number of carbonyl (C=O) groups is 2. The van der Waals surface area contributed by atoms with E-state index >= 15 is 0 Å². The van der Waals surface area contributed by atoms with Crippen molar-refractivity contribution >= 4 is 40.0 Å². The Labute approximate surface area is 183 Å². The molecular formula is C21H22N4O3S2. The summed E-state index contributed by atoms with van der Waals surface area (Å²) < 4.78 is 6.88. The van der Waals surface area contributed by atoms with Gasteiger partial charge >= 0.3 is 5.97 Å². The van der Waals surface area contributed by atoms with Gasteiger partial charge in [0, 0.05) is 23.9 Å². The molecule has 0 fully saturated rings. The number of hydrogen-bond acceptors (Lipinski definition) is 7. The number of benzene rings is 1. The predicted molar refractivity (Wildman–Crippen MR) is 120 cm³/mol. The van der Waals surface area contributed by atoms with Crippen LogP contribution in [-0.4, -0.2) is 39.5 Å². The summed E-state index contributed by atoms with van der Waals surface area (Å²) in [7, 11) is 1.33. The lowest BCUT2D eigenvalue weighted by Crippen LogP contribution is -2.16. The zero-order valence-electron chi connectivity index (χ0n) is 16.8. The van der Waals surface area contributed by atoms with Gasteiger partial charge in [0.1, 0.15) is 16.4 Å². The van der Waals surface area contributed by atoms with Crippen LogP contribution >= 0.6 is 23.1 Å². The Balaban J connectivity index is 1.76. The number of allylic oxidation sites excluding steroid dienone is 1. The van der Waals surface area contributed by atoms with Gasteiger partial charge in [0.15, 0.2) is 5.16 Å². The molecule has 7 nitrogen and oxygen atoms in total. The summed E-state index contributed by atoms with van der Waals surface area (Å²) in [6, 6.07) is 9.52. The number of anilines is 1. The van der Waals surface area contributed by atoms with Crippen LogP contribution in [0.2, 0.25) is 0 Å². The zero-order valence-corrected chi connectivity index (χ0v) is 18.4. The Morgan fingerprint density at radius 1 is 1.30 bits per heavy atom. The number of thioether (sulfide) groups is 1. The van der Waals surface area contributed by atoms with Crippen molar-refractivity contribution in [1.82, 2.24) is 14.8 Å². The number of ether oxygens (including phenoxy) is 1. The number of thiophene rings is 1. The van der Waals surface area contributed by atoms with Crippen LogP contribution in [0.3, 0.4) is 0 Å². The van der Waals surface area contributed by atoms with Crippen LogP contribution < -0.4 is 5.32 Å². The predicted octanol–water partition coefficient (Wildman–Crippen LogP) is 4.27. The molecule has 1 amide bonds. The van der Waals surface area contributed by atoms with E-state index in [1.165, 1.54) is 30.2 Å². The first kappa shape index (κ1) is 21.8. The van der Waals surface area contributed by atoms with E-state index in [0.29, 0.717) is 22.3 Å². The number of nitrogens with zero attached hydrogens (tertiary/aromatic N) is 3. The molecule has 0 aliphatic carbocycles. The monoisotopic (exact) mass is 442 g/mol. The Morgan fingerprint density at radius 2 is 2.07 bits per heavy atom. The molecule has 0 aliphatic rings. The summed E-state index contributed by atoms with van der Waals surface area (Å²) in [5, 5.41) is 14.1. The van der Waals surface area contributed by atoms with Gasteiger partial charge in [-0.3, -0.25) is 4.79 Å². The standard InChI is InChI=1S/C21H22N4O3S2/c1-4-11-25-16(5-2)23-24-21(25)30-13-17(26)22-19-18(20(27)28-3)15(12-29-19)14-9-7-6-8-10-14/h4,6-10,12H,1,5,11,13H2,2-3H3,(H,22,26). The highest BCUT2D eigenvalue weighted by Gasteiger charge is 2.22. The molecule has 0 saturated carbocycles. The van der Waals surface area contributed by atoms with Crippen molar-refractivity contribution < 1.29 is 14.3 Å². The highest BCUT2D eigenvalue weighted by molar-refractivity contribution is 7.99. The van der Waals surface area contributed by atoms with Gasteiger partial charge in [0.05, 0.1) is 12.9 Å². The van der Waals surface area contributed by atoms with Crippen LogP contribution in [0.1, 0.15) is 23.1 Å². The average Bonchev–Trinajstić information content (AvgIpc) is 3.36. The maximum atomic E-state index is 12.6. The first-order chi connectivity index (χ1) is 14.6. The number of rotatable bonds is 9. The molecule has 2 aromatic heterocycles. The minimum Gasteiger partial charge on any atom is -0.465 e. The Kier molecular flexibility index (Phi) is 7.42. The van der Waals surface area contributed by atoms with E-state index in [1.807, 2.05) is 47.2 Å². The first-order valence-corrected chi connectivity index (χ1v) is 11.2. The molecule has 3 aromatic rings.